The molecule has 1 aromatic heterocycles. The summed E-state index contributed by atoms with van der Waals surface area (Å²) in [5, 5.41) is 3.16. The third kappa shape index (κ3) is 3.10. The standard InChI is InChI=1S/C11H9ClFN3OS/c1-18(17)9-6-7(2-3-8(9)13)15-11-14-5-4-10(12)16-11/h2-6H,1H3,(H,14,15,16). The van der Waals surface area contributed by atoms with E-state index in [9.17, 15) is 8.94 Å². The molecule has 1 atom stereocenters. The number of benzene rings is 1. The monoisotopic (exact) mass is 285 g/mol. The normalized spacial score (nSPS) is 12.2. The fourth-order valence-corrected chi connectivity index (χ4v) is 2.10. The zero-order chi connectivity index (χ0) is 13.1. The van der Waals surface area contributed by atoms with Gasteiger partial charge in [-0.05, 0) is 29.4 Å². The van der Waals surface area contributed by atoms with Gasteiger partial charge in [0.15, 0.2) is 10.7 Å². The minimum Gasteiger partial charge on any atom is -0.612 e. The number of anilines is 2. The van der Waals surface area contributed by atoms with Crippen LogP contribution in [0.25, 0.3) is 0 Å². The lowest BCUT2D eigenvalue weighted by Gasteiger charge is -2.09. The summed E-state index contributed by atoms with van der Waals surface area (Å²) in [6.45, 7) is 0. The molecule has 2 rings (SSSR count). The number of halogens is 2. The van der Waals surface area contributed by atoms with Crippen LogP contribution in [0.4, 0.5) is 16.0 Å². The van der Waals surface area contributed by atoms with Crippen molar-refractivity contribution in [2.45, 2.75) is 4.90 Å². The van der Waals surface area contributed by atoms with Gasteiger partial charge in [-0.2, -0.15) is 0 Å². The van der Waals surface area contributed by atoms with Crippen LogP contribution in [-0.2, 0) is 11.2 Å². The van der Waals surface area contributed by atoms with Gasteiger partial charge in [0.05, 0.1) is 0 Å². The third-order valence-corrected chi connectivity index (χ3v) is 3.26. The van der Waals surface area contributed by atoms with Gasteiger partial charge in [0.25, 0.3) is 0 Å². The molecule has 0 aliphatic carbocycles. The Morgan fingerprint density at radius 2 is 2.17 bits per heavy atom. The van der Waals surface area contributed by atoms with Crippen molar-refractivity contribution in [1.82, 2.24) is 9.97 Å². The van der Waals surface area contributed by atoms with Gasteiger partial charge in [-0.1, -0.05) is 11.6 Å². The Morgan fingerprint density at radius 3 is 2.83 bits per heavy atom. The molecule has 94 valence electrons. The molecule has 18 heavy (non-hydrogen) atoms. The molecule has 1 N–H and O–H groups in total. The predicted octanol–water partition coefficient (Wildman–Crippen LogP) is 2.75. The van der Waals surface area contributed by atoms with E-state index in [1.807, 2.05) is 0 Å². The molecule has 0 spiro atoms. The van der Waals surface area contributed by atoms with Crippen LogP contribution < -0.4 is 5.32 Å². The predicted molar refractivity (Wildman–Crippen MR) is 69.1 cm³/mol. The lowest BCUT2D eigenvalue weighted by molar-refractivity contribution is 0.570. The van der Waals surface area contributed by atoms with E-state index in [1.165, 1.54) is 30.7 Å². The molecular weight excluding hydrogens is 277 g/mol. The Morgan fingerprint density at radius 1 is 1.39 bits per heavy atom. The van der Waals surface area contributed by atoms with Crippen LogP contribution >= 0.6 is 11.6 Å². The van der Waals surface area contributed by atoms with E-state index in [0.717, 1.165) is 0 Å². The van der Waals surface area contributed by atoms with Gasteiger partial charge in [-0.3, -0.25) is 0 Å². The molecule has 1 unspecified atom stereocenters. The first-order chi connectivity index (χ1) is 8.56. The van der Waals surface area contributed by atoms with E-state index in [4.69, 9.17) is 11.6 Å². The highest BCUT2D eigenvalue weighted by atomic mass is 35.5. The van der Waals surface area contributed by atoms with Crippen molar-refractivity contribution < 1.29 is 8.94 Å². The summed E-state index contributed by atoms with van der Waals surface area (Å²) >= 11 is 4.32. The highest BCUT2D eigenvalue weighted by Gasteiger charge is 2.13. The number of nitrogens with zero attached hydrogens (tertiary/aromatic N) is 2. The molecule has 0 aliphatic rings. The highest BCUT2D eigenvalue weighted by molar-refractivity contribution is 7.90. The first-order valence-electron chi connectivity index (χ1n) is 4.95. The largest absolute Gasteiger partial charge is 0.612 e. The summed E-state index contributed by atoms with van der Waals surface area (Å²) < 4.78 is 24.7. The van der Waals surface area contributed by atoms with Crippen molar-refractivity contribution in [2.75, 3.05) is 11.6 Å². The molecule has 0 amide bonds. The lowest BCUT2D eigenvalue weighted by atomic mass is 10.3. The number of rotatable bonds is 3. The van der Waals surface area contributed by atoms with E-state index in [0.29, 0.717) is 16.8 Å². The average Bonchev–Trinajstić information content (AvgIpc) is 2.31. The zero-order valence-electron chi connectivity index (χ0n) is 9.35. The van der Waals surface area contributed by atoms with Crippen LogP contribution in [0.3, 0.4) is 0 Å². The van der Waals surface area contributed by atoms with Gasteiger partial charge < -0.3 is 9.87 Å². The SMILES string of the molecule is C[S+]([O-])c1cc(Nc2nccc(Cl)n2)ccc1F. The molecule has 0 fully saturated rings. The van der Waals surface area contributed by atoms with Crippen molar-refractivity contribution in [3.63, 3.8) is 0 Å². The molecule has 0 bridgehead atoms. The van der Waals surface area contributed by atoms with Gasteiger partial charge in [-0.25, -0.2) is 14.4 Å². The fraction of sp³-hybridized carbons (Fsp3) is 0.0909. The Bertz CT molecular complexity index is 568. The van der Waals surface area contributed by atoms with Gasteiger partial charge >= 0.3 is 0 Å². The molecule has 1 heterocycles. The first kappa shape index (κ1) is 13.1. The van der Waals surface area contributed by atoms with Crippen LogP contribution in [0.2, 0.25) is 5.15 Å². The Balaban J connectivity index is 2.27. The van der Waals surface area contributed by atoms with E-state index in [2.05, 4.69) is 15.3 Å². The summed E-state index contributed by atoms with van der Waals surface area (Å²) in [4.78, 5) is 8.02. The molecule has 7 heteroatoms. The molecular formula is C11H9ClFN3OS. The van der Waals surface area contributed by atoms with Crippen molar-refractivity contribution in [1.29, 1.82) is 0 Å². The van der Waals surface area contributed by atoms with E-state index < -0.39 is 17.0 Å². The topological polar surface area (TPSA) is 60.9 Å². The molecule has 0 saturated carbocycles. The molecule has 0 saturated heterocycles. The third-order valence-electron chi connectivity index (χ3n) is 2.12. The Kier molecular flexibility index (Phi) is 4.00. The van der Waals surface area contributed by atoms with Gasteiger partial charge in [0, 0.05) is 18.0 Å². The minimum atomic E-state index is -1.40. The average molecular weight is 286 g/mol. The number of hydrogen-bond acceptors (Lipinski definition) is 4. The number of nitrogens with one attached hydrogen (secondary N) is 1. The van der Waals surface area contributed by atoms with E-state index in [1.54, 1.807) is 6.07 Å². The van der Waals surface area contributed by atoms with Crippen molar-refractivity contribution in [3.05, 3.63) is 41.4 Å². The lowest BCUT2D eigenvalue weighted by Crippen LogP contribution is -2.03. The smallest absolute Gasteiger partial charge is 0.228 e. The van der Waals surface area contributed by atoms with E-state index in [-0.39, 0.29) is 4.90 Å². The maximum atomic E-state index is 13.4. The van der Waals surface area contributed by atoms with Crippen LogP contribution in [0.5, 0.6) is 0 Å². The molecule has 4 nitrogen and oxygen atoms in total. The Hall–Kier alpha value is -1.37. The summed E-state index contributed by atoms with van der Waals surface area (Å²) in [7, 11) is 0. The van der Waals surface area contributed by atoms with Crippen molar-refractivity contribution >= 4 is 34.4 Å². The summed E-state index contributed by atoms with van der Waals surface area (Å²) in [5.41, 5.74) is 0.545. The highest BCUT2D eigenvalue weighted by Crippen LogP contribution is 2.21. The fourth-order valence-electron chi connectivity index (χ4n) is 1.33. The summed E-state index contributed by atoms with van der Waals surface area (Å²) in [6.07, 6.45) is 2.91. The maximum absolute atomic E-state index is 13.4. The van der Waals surface area contributed by atoms with Crippen LogP contribution in [0.1, 0.15) is 0 Å². The van der Waals surface area contributed by atoms with Gasteiger partial charge in [0.1, 0.15) is 11.4 Å². The van der Waals surface area contributed by atoms with Crippen LogP contribution in [0.15, 0.2) is 35.4 Å². The van der Waals surface area contributed by atoms with Crippen molar-refractivity contribution in [3.8, 4) is 0 Å². The van der Waals surface area contributed by atoms with Gasteiger partial charge in [-0.15, -0.1) is 0 Å². The molecule has 0 aliphatic heterocycles. The quantitative estimate of drug-likeness (QED) is 0.696. The zero-order valence-corrected chi connectivity index (χ0v) is 10.9. The number of aromatic nitrogens is 2. The van der Waals surface area contributed by atoms with Crippen LogP contribution in [0, 0.1) is 5.82 Å². The second-order valence-electron chi connectivity index (χ2n) is 3.43. The second-order valence-corrected chi connectivity index (χ2v) is 5.16. The molecule has 2 aromatic rings. The maximum Gasteiger partial charge on any atom is 0.228 e. The minimum absolute atomic E-state index is 0.127. The first-order valence-corrected chi connectivity index (χ1v) is 6.88. The number of hydrogen-bond donors (Lipinski definition) is 1. The van der Waals surface area contributed by atoms with E-state index >= 15 is 0 Å². The van der Waals surface area contributed by atoms with Crippen molar-refractivity contribution in [2.24, 2.45) is 0 Å². The van der Waals surface area contributed by atoms with Gasteiger partial charge in [0.2, 0.25) is 5.95 Å². The second kappa shape index (κ2) is 5.51. The summed E-state index contributed by atoms with van der Waals surface area (Å²) in [6, 6.07) is 5.75. The summed E-state index contributed by atoms with van der Waals surface area (Å²) in [5.74, 6) is -0.213. The molecule has 1 aromatic carbocycles. The van der Waals surface area contributed by atoms with Crippen LogP contribution in [-0.4, -0.2) is 20.8 Å². The Labute approximate surface area is 111 Å². The molecule has 0 radical (unpaired) electrons.